The number of carbonyl (C=O) groups excluding carboxylic acids is 1. The first-order valence-electron chi connectivity index (χ1n) is 17.9. The molecule has 55 heavy (non-hydrogen) atoms. The lowest BCUT2D eigenvalue weighted by Crippen LogP contribution is -2.55. The molecule has 5 aromatic rings. The number of halogens is 5. The molecule has 3 aromatic heterocycles. The molecule has 0 unspecified atom stereocenters. The van der Waals surface area contributed by atoms with Crippen LogP contribution in [0.3, 0.4) is 0 Å². The van der Waals surface area contributed by atoms with Crippen LogP contribution in [0.2, 0.25) is 0 Å². The molecular weight excluding hydrogens is 721 g/mol. The first kappa shape index (κ1) is 36.2. The number of pyridine rings is 1. The number of hydrogen-bond acceptors (Lipinski definition) is 10. The Morgan fingerprint density at radius 3 is 2.73 bits per heavy atom. The molecule has 1 amide bonds. The minimum Gasteiger partial charge on any atom is -0.461 e. The Balaban J connectivity index is 1.18. The van der Waals surface area contributed by atoms with Crippen LogP contribution in [0.1, 0.15) is 37.2 Å². The molecule has 0 aliphatic carbocycles. The first-order valence-corrected chi connectivity index (χ1v) is 17.9. The summed E-state index contributed by atoms with van der Waals surface area (Å²) in [4.78, 5) is 40.0. The van der Waals surface area contributed by atoms with Gasteiger partial charge in [0.05, 0.1) is 35.2 Å². The van der Waals surface area contributed by atoms with Crippen molar-refractivity contribution in [1.29, 1.82) is 5.26 Å². The van der Waals surface area contributed by atoms with Gasteiger partial charge in [0, 0.05) is 62.0 Å². The highest BCUT2D eigenvalue weighted by molar-refractivity contribution is 5.99. The van der Waals surface area contributed by atoms with Gasteiger partial charge in [-0.25, -0.2) is 31.9 Å². The summed E-state index contributed by atoms with van der Waals surface area (Å²) >= 11 is 0. The van der Waals surface area contributed by atoms with Crippen molar-refractivity contribution in [3.63, 3.8) is 0 Å². The molecule has 3 fully saturated rings. The summed E-state index contributed by atoms with van der Waals surface area (Å²) in [5, 5.41) is 10.1. The molecule has 6 heterocycles. The molecular formula is C39H34F5N9O2. The number of anilines is 1. The van der Waals surface area contributed by atoms with Gasteiger partial charge in [0.25, 0.3) is 5.91 Å². The van der Waals surface area contributed by atoms with Gasteiger partial charge in [-0.05, 0) is 43.8 Å². The van der Waals surface area contributed by atoms with Crippen LogP contribution in [-0.2, 0) is 4.79 Å². The average molecular weight is 756 g/mol. The van der Waals surface area contributed by atoms with Gasteiger partial charge >= 0.3 is 6.01 Å². The number of aryl methyl sites for hydroxylation is 1. The van der Waals surface area contributed by atoms with E-state index in [-0.39, 0.29) is 90.7 Å². The highest BCUT2D eigenvalue weighted by atomic mass is 19.2. The number of nitrogens with zero attached hydrogens (tertiary/aromatic N) is 9. The van der Waals surface area contributed by atoms with E-state index in [0.717, 1.165) is 25.1 Å². The summed E-state index contributed by atoms with van der Waals surface area (Å²) in [6.07, 6.45) is 4.45. The van der Waals surface area contributed by atoms with Crippen LogP contribution in [0.15, 0.2) is 54.6 Å². The highest BCUT2D eigenvalue weighted by Crippen LogP contribution is 2.41. The van der Waals surface area contributed by atoms with Gasteiger partial charge in [0.15, 0.2) is 23.3 Å². The van der Waals surface area contributed by atoms with E-state index in [1.54, 1.807) is 24.0 Å². The van der Waals surface area contributed by atoms with Crippen LogP contribution < -0.4 is 9.64 Å². The quantitative estimate of drug-likeness (QED) is 0.133. The van der Waals surface area contributed by atoms with Gasteiger partial charge < -0.3 is 14.5 Å². The van der Waals surface area contributed by atoms with Gasteiger partial charge in [0.2, 0.25) is 0 Å². The second-order valence-electron chi connectivity index (χ2n) is 14.1. The zero-order chi connectivity index (χ0) is 38.4. The van der Waals surface area contributed by atoms with E-state index >= 15 is 13.2 Å². The number of carbonyl (C=O) groups is 1. The van der Waals surface area contributed by atoms with E-state index in [1.165, 1.54) is 35.5 Å². The standard InChI is InChI=1S/C39H34F5N9O2/c1-22-46-12-9-25(48-22)16-30(42)37(54)53-15-14-51(20-26(53)8-11-45)36-28-18-47-34(27-5-2-4-23-6-7-29(41)32(43)31(23)27)33(44)35(28)49-38(50-36)55-21-39-10-3-13-52(39)19-24(40)17-39/h2,4-7,9,12,16,18,24,26H,3,8,10,13-15,17,19-21H2,1H3/b30-16-/t24-,26+,39+/m1/s1. The third-order valence-electron chi connectivity index (χ3n) is 10.7. The number of amides is 1. The normalized spacial score (nSPS) is 21.7. The maximum absolute atomic E-state index is 16.9. The van der Waals surface area contributed by atoms with Crippen molar-refractivity contribution in [1.82, 2.24) is 34.7 Å². The van der Waals surface area contributed by atoms with Gasteiger partial charge in [-0.2, -0.15) is 15.2 Å². The van der Waals surface area contributed by atoms with E-state index in [0.29, 0.717) is 17.6 Å². The van der Waals surface area contributed by atoms with Gasteiger partial charge in [-0.15, -0.1) is 0 Å². The second-order valence-corrected chi connectivity index (χ2v) is 14.1. The molecule has 0 radical (unpaired) electrons. The predicted octanol–water partition coefficient (Wildman–Crippen LogP) is 6.26. The maximum atomic E-state index is 16.9. The number of alkyl halides is 1. The molecule has 16 heteroatoms. The Morgan fingerprint density at radius 2 is 1.91 bits per heavy atom. The molecule has 0 bridgehead atoms. The monoisotopic (exact) mass is 755 g/mol. The zero-order valence-electron chi connectivity index (χ0n) is 29.7. The Morgan fingerprint density at radius 1 is 1.05 bits per heavy atom. The fourth-order valence-electron chi connectivity index (χ4n) is 8.15. The van der Waals surface area contributed by atoms with Crippen LogP contribution in [0, 0.1) is 35.7 Å². The number of nitriles is 1. The third kappa shape index (κ3) is 6.66. The van der Waals surface area contributed by atoms with Crippen LogP contribution >= 0.6 is 0 Å². The van der Waals surface area contributed by atoms with Gasteiger partial charge in [-0.3, -0.25) is 14.7 Å². The number of benzene rings is 2. The summed E-state index contributed by atoms with van der Waals surface area (Å²) in [5.74, 6) is -4.62. The van der Waals surface area contributed by atoms with E-state index in [4.69, 9.17) is 4.74 Å². The lowest BCUT2D eigenvalue weighted by Gasteiger charge is -2.41. The van der Waals surface area contributed by atoms with Crippen molar-refractivity contribution < 1.29 is 31.5 Å². The van der Waals surface area contributed by atoms with Crippen molar-refractivity contribution in [2.24, 2.45) is 0 Å². The fraction of sp³-hybridized carbons (Fsp3) is 0.359. The Labute approximate surface area is 312 Å². The lowest BCUT2D eigenvalue weighted by molar-refractivity contribution is -0.131. The second kappa shape index (κ2) is 14.4. The average Bonchev–Trinajstić information content (AvgIpc) is 3.71. The molecule has 8 rings (SSSR count). The minimum absolute atomic E-state index is 0.00315. The van der Waals surface area contributed by atoms with E-state index in [1.807, 2.05) is 0 Å². The SMILES string of the molecule is Cc1nccc(/C=C(\F)C(=O)N2CCN(c3nc(OC[C@@]45CCCN4C[C@H](F)C5)nc4c(F)c(-c5cccc6ccc(F)c(F)c56)ncc34)C[C@@H]2CC#N)n1. The number of aromatic nitrogens is 5. The molecule has 3 saturated heterocycles. The Hall–Kier alpha value is -5.82. The number of ether oxygens (including phenoxy) is 1. The topological polar surface area (TPSA) is 124 Å². The van der Waals surface area contributed by atoms with E-state index in [9.17, 15) is 18.8 Å². The molecule has 0 N–H and O–H groups in total. The molecule has 3 atom stereocenters. The molecule has 11 nitrogen and oxygen atoms in total. The zero-order valence-corrected chi connectivity index (χ0v) is 29.7. The Bertz CT molecular complexity index is 2410. The molecule has 282 valence electrons. The van der Waals surface area contributed by atoms with Crippen molar-refractivity contribution in [2.45, 2.75) is 50.4 Å². The lowest BCUT2D eigenvalue weighted by atomic mass is 9.95. The van der Waals surface area contributed by atoms with Crippen LogP contribution in [0.5, 0.6) is 6.01 Å². The number of piperazine rings is 1. The van der Waals surface area contributed by atoms with Crippen LogP contribution in [-0.4, -0.2) is 97.7 Å². The minimum atomic E-state index is -1.15. The van der Waals surface area contributed by atoms with Crippen molar-refractivity contribution in [3.05, 3.63) is 83.6 Å². The molecule has 3 aliphatic heterocycles. The first-order chi connectivity index (χ1) is 26.5. The fourth-order valence-corrected chi connectivity index (χ4v) is 8.15. The van der Waals surface area contributed by atoms with Crippen LogP contribution in [0.25, 0.3) is 39.0 Å². The summed E-state index contributed by atoms with van der Waals surface area (Å²) in [5.41, 5.74) is -0.868. The summed E-state index contributed by atoms with van der Waals surface area (Å²) in [7, 11) is 0. The molecule has 0 saturated carbocycles. The highest BCUT2D eigenvalue weighted by Gasteiger charge is 2.49. The van der Waals surface area contributed by atoms with Gasteiger partial charge in [-0.1, -0.05) is 24.3 Å². The van der Waals surface area contributed by atoms with Crippen LogP contribution in [0.4, 0.5) is 27.8 Å². The summed E-state index contributed by atoms with van der Waals surface area (Å²) in [6, 6.07) is 9.49. The third-order valence-corrected chi connectivity index (χ3v) is 10.7. The number of fused-ring (bicyclic) bond motifs is 3. The van der Waals surface area contributed by atoms with Crippen molar-refractivity contribution in [3.8, 4) is 23.3 Å². The molecule has 0 spiro atoms. The largest absolute Gasteiger partial charge is 0.461 e. The Kier molecular flexibility index (Phi) is 9.50. The number of rotatable bonds is 8. The smallest absolute Gasteiger partial charge is 0.319 e. The molecule has 2 aromatic carbocycles. The number of hydrogen-bond donors (Lipinski definition) is 0. The van der Waals surface area contributed by atoms with E-state index < -0.39 is 46.9 Å². The summed E-state index contributed by atoms with van der Waals surface area (Å²) in [6.45, 7) is 2.76. The van der Waals surface area contributed by atoms with Gasteiger partial charge in [0.1, 0.15) is 35.6 Å². The maximum Gasteiger partial charge on any atom is 0.319 e. The van der Waals surface area contributed by atoms with E-state index in [2.05, 4.69) is 35.9 Å². The predicted molar refractivity (Wildman–Crippen MR) is 192 cm³/mol. The molecule has 3 aliphatic rings. The van der Waals surface area contributed by atoms with Crippen molar-refractivity contribution >= 4 is 39.5 Å². The van der Waals surface area contributed by atoms with Crippen molar-refractivity contribution in [2.75, 3.05) is 44.2 Å². The summed E-state index contributed by atoms with van der Waals surface area (Å²) < 4.78 is 82.6.